The van der Waals surface area contributed by atoms with E-state index in [1.54, 1.807) is 18.2 Å². The van der Waals surface area contributed by atoms with Crippen molar-refractivity contribution in [1.82, 2.24) is 4.31 Å². The second kappa shape index (κ2) is 5.86. The smallest absolute Gasteiger partial charge is 0.244 e. The third kappa shape index (κ3) is 3.13. The summed E-state index contributed by atoms with van der Waals surface area (Å²) in [6, 6.07) is 4.59. The Bertz CT molecular complexity index is 541. The number of rotatable bonds is 5. The standard InChI is InChI=1S/C12H17BrN2O2S/c1-4-7-15(9(2)3)18(16,17)12-8-10(14)5-6-11(12)13/h4-6,8-9H,1,7,14H2,2-3H3. The van der Waals surface area contributed by atoms with Gasteiger partial charge in [-0.3, -0.25) is 0 Å². The number of benzene rings is 1. The molecule has 6 heteroatoms. The monoisotopic (exact) mass is 332 g/mol. The molecule has 100 valence electrons. The van der Waals surface area contributed by atoms with Gasteiger partial charge in [0.05, 0.1) is 4.90 Å². The van der Waals surface area contributed by atoms with Crippen LogP contribution in [0.1, 0.15) is 13.8 Å². The quantitative estimate of drug-likeness (QED) is 0.665. The molecule has 4 nitrogen and oxygen atoms in total. The molecular formula is C12H17BrN2O2S. The van der Waals surface area contributed by atoms with Crippen LogP contribution in [0, 0.1) is 0 Å². The lowest BCUT2D eigenvalue weighted by molar-refractivity contribution is 0.382. The van der Waals surface area contributed by atoms with Gasteiger partial charge in [0.15, 0.2) is 0 Å². The lowest BCUT2D eigenvalue weighted by atomic mass is 10.3. The van der Waals surface area contributed by atoms with Gasteiger partial charge in [0.25, 0.3) is 0 Å². The van der Waals surface area contributed by atoms with Gasteiger partial charge in [0, 0.05) is 22.7 Å². The largest absolute Gasteiger partial charge is 0.399 e. The van der Waals surface area contributed by atoms with E-state index in [0.717, 1.165) is 0 Å². The van der Waals surface area contributed by atoms with Crippen molar-refractivity contribution in [2.75, 3.05) is 12.3 Å². The van der Waals surface area contributed by atoms with Gasteiger partial charge in [-0.2, -0.15) is 4.31 Å². The molecule has 0 saturated carbocycles. The number of sulfonamides is 1. The second-order valence-electron chi connectivity index (χ2n) is 4.15. The SMILES string of the molecule is C=CCN(C(C)C)S(=O)(=O)c1cc(N)ccc1Br. The highest BCUT2D eigenvalue weighted by Gasteiger charge is 2.27. The van der Waals surface area contributed by atoms with Crippen molar-refractivity contribution < 1.29 is 8.42 Å². The van der Waals surface area contributed by atoms with Crippen molar-refractivity contribution in [3.8, 4) is 0 Å². The van der Waals surface area contributed by atoms with Gasteiger partial charge in [0.1, 0.15) is 0 Å². The van der Waals surface area contributed by atoms with Gasteiger partial charge < -0.3 is 5.73 Å². The van der Waals surface area contributed by atoms with Crippen LogP contribution in [-0.4, -0.2) is 25.3 Å². The molecule has 18 heavy (non-hydrogen) atoms. The topological polar surface area (TPSA) is 63.4 Å². The fourth-order valence-electron chi connectivity index (χ4n) is 1.56. The van der Waals surface area contributed by atoms with Crippen LogP contribution in [0.15, 0.2) is 40.2 Å². The van der Waals surface area contributed by atoms with Crippen molar-refractivity contribution in [3.63, 3.8) is 0 Å². The average Bonchev–Trinajstić information content (AvgIpc) is 2.28. The molecule has 0 bridgehead atoms. The summed E-state index contributed by atoms with van der Waals surface area (Å²) in [5.41, 5.74) is 6.07. The van der Waals surface area contributed by atoms with E-state index in [0.29, 0.717) is 10.2 Å². The zero-order chi connectivity index (χ0) is 13.9. The Morgan fingerprint density at radius 3 is 2.61 bits per heavy atom. The number of hydrogen-bond acceptors (Lipinski definition) is 3. The third-order valence-electron chi connectivity index (χ3n) is 2.43. The molecule has 0 fully saturated rings. The summed E-state index contributed by atoms with van der Waals surface area (Å²) in [6.07, 6.45) is 1.57. The predicted molar refractivity (Wildman–Crippen MR) is 77.8 cm³/mol. The molecule has 0 saturated heterocycles. The van der Waals surface area contributed by atoms with Gasteiger partial charge in [-0.1, -0.05) is 6.08 Å². The average molecular weight is 333 g/mol. The van der Waals surface area contributed by atoms with E-state index < -0.39 is 10.0 Å². The lowest BCUT2D eigenvalue weighted by Crippen LogP contribution is -2.37. The molecule has 0 heterocycles. The molecule has 0 atom stereocenters. The van der Waals surface area contributed by atoms with Crippen LogP contribution in [0.3, 0.4) is 0 Å². The summed E-state index contributed by atoms with van der Waals surface area (Å²) in [4.78, 5) is 0.179. The fourth-order valence-corrected chi connectivity index (χ4v) is 4.13. The van der Waals surface area contributed by atoms with Crippen molar-refractivity contribution in [2.45, 2.75) is 24.8 Å². The highest BCUT2D eigenvalue weighted by Crippen LogP contribution is 2.28. The summed E-state index contributed by atoms with van der Waals surface area (Å²) in [5, 5.41) is 0. The van der Waals surface area contributed by atoms with Gasteiger partial charge in [-0.05, 0) is 48.0 Å². The van der Waals surface area contributed by atoms with Crippen molar-refractivity contribution in [1.29, 1.82) is 0 Å². The zero-order valence-electron chi connectivity index (χ0n) is 10.4. The summed E-state index contributed by atoms with van der Waals surface area (Å²) in [5.74, 6) is 0. The van der Waals surface area contributed by atoms with Crippen molar-refractivity contribution in [3.05, 3.63) is 35.3 Å². The lowest BCUT2D eigenvalue weighted by Gasteiger charge is -2.25. The Hall–Kier alpha value is -0.850. The second-order valence-corrected chi connectivity index (χ2v) is 6.86. The molecule has 0 aromatic heterocycles. The molecule has 0 amide bonds. The van der Waals surface area contributed by atoms with E-state index in [9.17, 15) is 8.42 Å². The number of halogens is 1. The van der Waals surface area contributed by atoms with Crippen LogP contribution >= 0.6 is 15.9 Å². The molecular weight excluding hydrogens is 316 g/mol. The summed E-state index contributed by atoms with van der Waals surface area (Å²) >= 11 is 3.25. The van der Waals surface area contributed by atoms with Crippen LogP contribution in [-0.2, 0) is 10.0 Å². The Labute approximate surface area is 117 Å². The first-order chi connectivity index (χ1) is 8.30. The predicted octanol–water partition coefficient (Wildman–Crippen LogP) is 2.62. The minimum atomic E-state index is -3.58. The number of nitrogens with zero attached hydrogens (tertiary/aromatic N) is 1. The van der Waals surface area contributed by atoms with Crippen LogP contribution in [0.5, 0.6) is 0 Å². The number of anilines is 1. The molecule has 0 unspecified atom stereocenters. The molecule has 1 aromatic carbocycles. The summed E-state index contributed by atoms with van der Waals surface area (Å²) in [7, 11) is -3.58. The van der Waals surface area contributed by atoms with Crippen LogP contribution < -0.4 is 5.73 Å². The summed E-state index contributed by atoms with van der Waals surface area (Å²) < 4.78 is 26.9. The van der Waals surface area contributed by atoms with E-state index in [4.69, 9.17) is 5.73 Å². The maximum atomic E-state index is 12.5. The number of hydrogen-bond donors (Lipinski definition) is 1. The van der Waals surface area contributed by atoms with Crippen LogP contribution in [0.4, 0.5) is 5.69 Å². The van der Waals surface area contributed by atoms with E-state index in [1.165, 1.54) is 10.4 Å². The highest BCUT2D eigenvalue weighted by atomic mass is 79.9. The van der Waals surface area contributed by atoms with Crippen LogP contribution in [0.2, 0.25) is 0 Å². The van der Waals surface area contributed by atoms with Gasteiger partial charge in [0.2, 0.25) is 10.0 Å². The van der Waals surface area contributed by atoms with Gasteiger partial charge >= 0.3 is 0 Å². The normalized spacial score (nSPS) is 12.1. The van der Waals surface area contributed by atoms with Crippen molar-refractivity contribution >= 4 is 31.6 Å². The molecule has 0 aliphatic rings. The highest BCUT2D eigenvalue weighted by molar-refractivity contribution is 9.10. The fraction of sp³-hybridized carbons (Fsp3) is 0.333. The molecule has 0 aliphatic heterocycles. The molecule has 0 aliphatic carbocycles. The van der Waals surface area contributed by atoms with Crippen LogP contribution in [0.25, 0.3) is 0 Å². The molecule has 0 spiro atoms. The maximum Gasteiger partial charge on any atom is 0.244 e. The Morgan fingerprint density at radius 1 is 1.50 bits per heavy atom. The zero-order valence-corrected chi connectivity index (χ0v) is 12.8. The molecule has 2 N–H and O–H groups in total. The molecule has 0 radical (unpaired) electrons. The maximum absolute atomic E-state index is 12.5. The molecule has 1 aromatic rings. The van der Waals surface area contributed by atoms with Crippen molar-refractivity contribution in [2.24, 2.45) is 0 Å². The molecule has 1 rings (SSSR count). The van der Waals surface area contributed by atoms with E-state index in [2.05, 4.69) is 22.5 Å². The van der Waals surface area contributed by atoms with Gasteiger partial charge in [-0.25, -0.2) is 8.42 Å². The number of nitrogen functional groups attached to an aromatic ring is 1. The first-order valence-corrected chi connectivity index (χ1v) is 7.71. The third-order valence-corrected chi connectivity index (χ3v) is 5.46. The Balaban J connectivity index is 3.35. The Kier molecular flexibility index (Phi) is 4.95. The first-order valence-electron chi connectivity index (χ1n) is 5.48. The summed E-state index contributed by atoms with van der Waals surface area (Å²) in [6.45, 7) is 7.49. The van der Waals surface area contributed by atoms with E-state index in [-0.39, 0.29) is 17.5 Å². The van der Waals surface area contributed by atoms with E-state index >= 15 is 0 Å². The van der Waals surface area contributed by atoms with E-state index in [1.807, 2.05) is 13.8 Å². The Morgan fingerprint density at radius 2 is 2.11 bits per heavy atom. The minimum absolute atomic E-state index is 0.152. The van der Waals surface area contributed by atoms with Gasteiger partial charge in [-0.15, -0.1) is 6.58 Å². The first kappa shape index (κ1) is 15.2. The minimum Gasteiger partial charge on any atom is -0.399 e. The number of nitrogens with two attached hydrogens (primary N) is 1.